The standard InChI is InChI=1S/C14H25N3O/c1-2-14(5-6-15-11-14)13(18)17-9-8-16-7-3-4-12(16)10-17/h12,15H,2-11H2,1H3. The Kier molecular flexibility index (Phi) is 3.32. The van der Waals surface area contributed by atoms with Gasteiger partial charge in [0.05, 0.1) is 5.41 Å². The molecule has 3 heterocycles. The maximum atomic E-state index is 12.8. The predicted molar refractivity (Wildman–Crippen MR) is 71.4 cm³/mol. The van der Waals surface area contributed by atoms with E-state index in [1.54, 1.807) is 0 Å². The number of carbonyl (C=O) groups excluding carboxylic acids is 1. The van der Waals surface area contributed by atoms with Gasteiger partial charge in [-0.2, -0.15) is 0 Å². The van der Waals surface area contributed by atoms with Gasteiger partial charge in [0.15, 0.2) is 0 Å². The fraction of sp³-hybridized carbons (Fsp3) is 0.929. The molecule has 0 aromatic heterocycles. The zero-order chi connectivity index (χ0) is 12.6. The first-order chi connectivity index (χ1) is 8.75. The Morgan fingerprint density at radius 3 is 3.00 bits per heavy atom. The molecule has 0 aliphatic carbocycles. The molecule has 0 spiro atoms. The largest absolute Gasteiger partial charge is 0.339 e. The number of amides is 1. The summed E-state index contributed by atoms with van der Waals surface area (Å²) in [7, 11) is 0. The summed E-state index contributed by atoms with van der Waals surface area (Å²) in [4.78, 5) is 17.5. The number of fused-ring (bicyclic) bond motifs is 1. The van der Waals surface area contributed by atoms with Crippen molar-refractivity contribution in [2.75, 3.05) is 39.3 Å². The molecule has 0 aromatic rings. The van der Waals surface area contributed by atoms with Crippen molar-refractivity contribution in [2.45, 2.75) is 38.6 Å². The molecular formula is C14H25N3O. The van der Waals surface area contributed by atoms with Gasteiger partial charge in [0.2, 0.25) is 5.91 Å². The molecule has 3 aliphatic rings. The molecule has 0 saturated carbocycles. The first-order valence-corrected chi connectivity index (χ1v) is 7.49. The van der Waals surface area contributed by atoms with E-state index in [-0.39, 0.29) is 5.41 Å². The second kappa shape index (κ2) is 4.82. The molecule has 1 N–H and O–H groups in total. The van der Waals surface area contributed by atoms with Gasteiger partial charge in [-0.1, -0.05) is 6.92 Å². The molecule has 102 valence electrons. The van der Waals surface area contributed by atoms with Crippen LogP contribution in [0.1, 0.15) is 32.6 Å². The second-order valence-corrected chi connectivity index (χ2v) is 6.14. The van der Waals surface area contributed by atoms with Gasteiger partial charge >= 0.3 is 0 Å². The van der Waals surface area contributed by atoms with E-state index in [1.807, 2.05) is 0 Å². The summed E-state index contributed by atoms with van der Waals surface area (Å²) in [6, 6.07) is 0.644. The van der Waals surface area contributed by atoms with Crippen molar-refractivity contribution in [2.24, 2.45) is 5.41 Å². The van der Waals surface area contributed by atoms with Gasteiger partial charge in [0, 0.05) is 32.2 Å². The van der Waals surface area contributed by atoms with E-state index in [0.717, 1.165) is 45.6 Å². The summed E-state index contributed by atoms with van der Waals surface area (Å²) >= 11 is 0. The normalized spacial score (nSPS) is 36.9. The highest BCUT2D eigenvalue weighted by molar-refractivity contribution is 5.83. The van der Waals surface area contributed by atoms with Crippen molar-refractivity contribution in [1.82, 2.24) is 15.1 Å². The number of carbonyl (C=O) groups is 1. The van der Waals surface area contributed by atoms with Crippen molar-refractivity contribution in [3.8, 4) is 0 Å². The summed E-state index contributed by atoms with van der Waals surface area (Å²) in [6.45, 7) is 8.29. The summed E-state index contributed by atoms with van der Waals surface area (Å²) in [6.07, 6.45) is 4.59. The first-order valence-electron chi connectivity index (χ1n) is 7.49. The lowest BCUT2D eigenvalue weighted by atomic mass is 9.82. The van der Waals surface area contributed by atoms with Gasteiger partial charge in [0.1, 0.15) is 0 Å². The Morgan fingerprint density at radius 1 is 1.39 bits per heavy atom. The highest BCUT2D eigenvalue weighted by atomic mass is 16.2. The van der Waals surface area contributed by atoms with Crippen LogP contribution in [-0.4, -0.2) is 61.0 Å². The third kappa shape index (κ3) is 1.95. The van der Waals surface area contributed by atoms with Crippen LogP contribution in [0.4, 0.5) is 0 Å². The summed E-state index contributed by atoms with van der Waals surface area (Å²) in [5.41, 5.74) is -0.0965. The van der Waals surface area contributed by atoms with Crippen LogP contribution in [0, 0.1) is 5.41 Å². The van der Waals surface area contributed by atoms with Crippen LogP contribution in [0.2, 0.25) is 0 Å². The molecule has 0 aromatic carbocycles. The van der Waals surface area contributed by atoms with E-state index in [2.05, 4.69) is 22.0 Å². The van der Waals surface area contributed by atoms with Crippen LogP contribution in [0.15, 0.2) is 0 Å². The molecule has 3 aliphatic heterocycles. The molecular weight excluding hydrogens is 226 g/mol. The molecule has 4 nitrogen and oxygen atoms in total. The van der Waals surface area contributed by atoms with E-state index < -0.39 is 0 Å². The van der Waals surface area contributed by atoms with Crippen LogP contribution in [0.3, 0.4) is 0 Å². The van der Waals surface area contributed by atoms with Gasteiger partial charge in [-0.15, -0.1) is 0 Å². The Bertz CT molecular complexity index is 325. The smallest absolute Gasteiger partial charge is 0.230 e. The lowest BCUT2D eigenvalue weighted by Gasteiger charge is -2.41. The summed E-state index contributed by atoms with van der Waals surface area (Å²) in [5, 5.41) is 3.37. The Hall–Kier alpha value is -0.610. The van der Waals surface area contributed by atoms with Crippen molar-refractivity contribution in [3.05, 3.63) is 0 Å². The quantitative estimate of drug-likeness (QED) is 0.784. The lowest BCUT2D eigenvalue weighted by molar-refractivity contribution is -0.144. The topological polar surface area (TPSA) is 35.6 Å². The highest BCUT2D eigenvalue weighted by Gasteiger charge is 2.44. The molecule has 4 heteroatoms. The lowest BCUT2D eigenvalue weighted by Crippen LogP contribution is -2.56. The van der Waals surface area contributed by atoms with Crippen molar-refractivity contribution in [3.63, 3.8) is 0 Å². The van der Waals surface area contributed by atoms with E-state index in [1.165, 1.54) is 19.4 Å². The molecule has 0 bridgehead atoms. The second-order valence-electron chi connectivity index (χ2n) is 6.14. The van der Waals surface area contributed by atoms with Crippen molar-refractivity contribution >= 4 is 5.91 Å². The molecule has 18 heavy (non-hydrogen) atoms. The Balaban J connectivity index is 1.69. The average Bonchev–Trinajstić information content (AvgIpc) is 3.06. The molecule has 3 fully saturated rings. The van der Waals surface area contributed by atoms with Crippen molar-refractivity contribution < 1.29 is 4.79 Å². The maximum Gasteiger partial charge on any atom is 0.230 e. The van der Waals surface area contributed by atoms with Gasteiger partial charge in [-0.25, -0.2) is 0 Å². The van der Waals surface area contributed by atoms with E-state index >= 15 is 0 Å². The molecule has 3 rings (SSSR count). The minimum atomic E-state index is -0.0965. The number of hydrogen-bond donors (Lipinski definition) is 1. The van der Waals surface area contributed by atoms with Crippen LogP contribution in [0.5, 0.6) is 0 Å². The zero-order valence-electron chi connectivity index (χ0n) is 11.5. The van der Waals surface area contributed by atoms with Gasteiger partial charge in [-0.3, -0.25) is 9.69 Å². The van der Waals surface area contributed by atoms with Gasteiger partial charge in [0.25, 0.3) is 0 Å². The van der Waals surface area contributed by atoms with Crippen LogP contribution in [0.25, 0.3) is 0 Å². The first kappa shape index (κ1) is 12.4. The average molecular weight is 251 g/mol. The number of nitrogens with zero attached hydrogens (tertiary/aromatic N) is 2. The minimum absolute atomic E-state index is 0.0965. The highest BCUT2D eigenvalue weighted by Crippen LogP contribution is 2.33. The predicted octanol–water partition coefficient (Wildman–Crippen LogP) is 0.683. The van der Waals surface area contributed by atoms with E-state index in [4.69, 9.17) is 0 Å². The molecule has 0 radical (unpaired) electrons. The zero-order valence-corrected chi connectivity index (χ0v) is 11.5. The van der Waals surface area contributed by atoms with Gasteiger partial charge < -0.3 is 10.2 Å². The maximum absolute atomic E-state index is 12.8. The van der Waals surface area contributed by atoms with Gasteiger partial charge in [-0.05, 0) is 38.8 Å². The van der Waals surface area contributed by atoms with Crippen LogP contribution < -0.4 is 5.32 Å². The Labute approximate surface area is 110 Å². The number of piperazine rings is 1. The third-order valence-corrected chi connectivity index (χ3v) is 5.25. The molecule has 2 atom stereocenters. The minimum Gasteiger partial charge on any atom is -0.339 e. The van der Waals surface area contributed by atoms with Crippen molar-refractivity contribution in [1.29, 1.82) is 0 Å². The Morgan fingerprint density at radius 2 is 2.28 bits per heavy atom. The van der Waals surface area contributed by atoms with E-state index in [9.17, 15) is 4.79 Å². The monoisotopic (exact) mass is 251 g/mol. The summed E-state index contributed by atoms with van der Waals surface area (Å²) in [5.74, 6) is 0.418. The third-order valence-electron chi connectivity index (χ3n) is 5.25. The fourth-order valence-corrected chi connectivity index (χ4v) is 3.89. The van der Waals surface area contributed by atoms with E-state index in [0.29, 0.717) is 11.9 Å². The molecule has 1 amide bonds. The fourth-order valence-electron chi connectivity index (χ4n) is 3.89. The van der Waals surface area contributed by atoms with Crippen LogP contribution in [-0.2, 0) is 4.79 Å². The van der Waals surface area contributed by atoms with Crippen LogP contribution >= 0.6 is 0 Å². The number of rotatable bonds is 2. The molecule has 2 unspecified atom stereocenters. The number of nitrogens with one attached hydrogen (secondary N) is 1. The SMILES string of the molecule is CCC1(C(=O)N2CCN3CCCC3C2)CCNC1. The number of hydrogen-bond acceptors (Lipinski definition) is 3. The summed E-state index contributed by atoms with van der Waals surface area (Å²) < 4.78 is 0. The molecule has 3 saturated heterocycles.